The molecule has 0 heterocycles. The van der Waals surface area contributed by atoms with Gasteiger partial charge < -0.3 is 5.11 Å². The molecule has 0 aliphatic rings. The third-order valence-corrected chi connectivity index (χ3v) is 3.48. The third-order valence-electron chi connectivity index (χ3n) is 3.48. The van der Waals surface area contributed by atoms with E-state index in [9.17, 15) is 18.4 Å². The van der Waals surface area contributed by atoms with Gasteiger partial charge in [0.25, 0.3) is 0 Å². The molecule has 5 heteroatoms. The van der Waals surface area contributed by atoms with Crippen LogP contribution in [0.4, 0.5) is 8.78 Å². The number of carbonyl (C=O) groups excluding carboxylic acids is 1. The quantitative estimate of drug-likeness (QED) is 0.606. The molecule has 0 spiro atoms. The van der Waals surface area contributed by atoms with Crippen LogP contribution in [-0.2, 0) is 4.79 Å². The fourth-order valence-corrected chi connectivity index (χ4v) is 2.33. The molecule has 1 N–H and O–H groups in total. The smallest absolute Gasteiger partial charge is 0.303 e. The van der Waals surface area contributed by atoms with Gasteiger partial charge in [0.2, 0.25) is 0 Å². The molecular weight excluding hydrogens is 302 g/mol. The van der Waals surface area contributed by atoms with Crippen molar-refractivity contribution in [1.82, 2.24) is 0 Å². The summed E-state index contributed by atoms with van der Waals surface area (Å²) in [6.45, 7) is 0. The molecule has 23 heavy (non-hydrogen) atoms. The van der Waals surface area contributed by atoms with Gasteiger partial charge >= 0.3 is 5.97 Å². The van der Waals surface area contributed by atoms with Crippen molar-refractivity contribution in [1.29, 1.82) is 0 Å². The lowest BCUT2D eigenvalue weighted by atomic mass is 9.98. The van der Waals surface area contributed by atoms with Crippen molar-refractivity contribution >= 4 is 11.8 Å². The van der Waals surface area contributed by atoms with Crippen LogP contribution >= 0.6 is 0 Å². The van der Waals surface area contributed by atoms with E-state index >= 15 is 0 Å². The highest BCUT2D eigenvalue weighted by Gasteiger charge is 2.13. The van der Waals surface area contributed by atoms with E-state index in [1.165, 1.54) is 24.3 Å². The zero-order valence-electron chi connectivity index (χ0n) is 12.4. The predicted octanol–water partition coefficient (Wildman–Crippen LogP) is 4.46. The van der Waals surface area contributed by atoms with Crippen LogP contribution in [0.1, 0.15) is 36.0 Å². The Labute approximate surface area is 132 Å². The van der Waals surface area contributed by atoms with Crippen molar-refractivity contribution in [3.05, 3.63) is 59.7 Å². The Hall–Kier alpha value is -2.56. The van der Waals surface area contributed by atoms with Crippen molar-refractivity contribution in [2.24, 2.45) is 0 Å². The second-order valence-corrected chi connectivity index (χ2v) is 5.20. The van der Waals surface area contributed by atoms with Gasteiger partial charge in [-0.25, -0.2) is 8.78 Å². The van der Waals surface area contributed by atoms with E-state index < -0.39 is 17.6 Å². The fraction of sp³-hybridized carbons (Fsp3) is 0.222. The van der Waals surface area contributed by atoms with Crippen LogP contribution in [0.5, 0.6) is 0 Å². The molecule has 2 aromatic carbocycles. The normalized spacial score (nSPS) is 10.5. The van der Waals surface area contributed by atoms with Crippen molar-refractivity contribution in [3.63, 3.8) is 0 Å². The van der Waals surface area contributed by atoms with Gasteiger partial charge in [-0.2, -0.15) is 0 Å². The summed E-state index contributed by atoms with van der Waals surface area (Å²) in [5.41, 5.74) is 0.505. The highest BCUT2D eigenvalue weighted by molar-refractivity contribution is 5.97. The molecule has 0 amide bonds. The van der Waals surface area contributed by atoms with Crippen molar-refractivity contribution < 1.29 is 23.5 Å². The number of hydrogen-bond acceptors (Lipinski definition) is 2. The number of aliphatic carboxylic acids is 1. The second-order valence-electron chi connectivity index (χ2n) is 5.20. The van der Waals surface area contributed by atoms with E-state index in [0.29, 0.717) is 24.0 Å². The Morgan fingerprint density at radius 3 is 2.17 bits per heavy atom. The molecule has 2 aromatic rings. The van der Waals surface area contributed by atoms with E-state index in [4.69, 9.17) is 5.11 Å². The number of carboxylic acid groups (broad SMARTS) is 1. The van der Waals surface area contributed by atoms with E-state index in [2.05, 4.69) is 0 Å². The number of halogens is 2. The van der Waals surface area contributed by atoms with Crippen LogP contribution in [0, 0.1) is 11.6 Å². The number of Topliss-reactive ketones (excluding diaryl/α,β-unsaturated/α-hetero) is 1. The lowest BCUT2D eigenvalue weighted by Crippen LogP contribution is -2.01. The fourth-order valence-electron chi connectivity index (χ4n) is 2.33. The van der Waals surface area contributed by atoms with E-state index in [1.807, 2.05) is 0 Å². The Morgan fingerprint density at radius 2 is 1.52 bits per heavy atom. The maximum Gasteiger partial charge on any atom is 0.303 e. The summed E-state index contributed by atoms with van der Waals surface area (Å²) in [5.74, 6) is -2.43. The molecule has 0 saturated carbocycles. The Bertz CT molecular complexity index is 706. The second kappa shape index (κ2) is 7.63. The number of unbranched alkanes of at least 4 members (excludes halogenated alkanes) is 1. The summed E-state index contributed by atoms with van der Waals surface area (Å²) >= 11 is 0. The molecule has 0 saturated heterocycles. The SMILES string of the molecule is O=C(O)CCCCC(=O)c1cccc(-c2c(F)cccc2F)c1. The molecule has 120 valence electrons. The van der Waals surface area contributed by atoms with Crippen LogP contribution in [0.3, 0.4) is 0 Å². The minimum Gasteiger partial charge on any atom is -0.481 e. The first-order chi connectivity index (χ1) is 11.0. The molecule has 0 radical (unpaired) electrons. The highest BCUT2D eigenvalue weighted by Crippen LogP contribution is 2.27. The number of rotatable bonds is 7. The topological polar surface area (TPSA) is 54.4 Å². The zero-order chi connectivity index (χ0) is 16.8. The first-order valence-corrected chi connectivity index (χ1v) is 7.28. The van der Waals surface area contributed by atoms with Gasteiger partial charge in [0.05, 0.1) is 5.56 Å². The molecule has 0 unspecified atom stereocenters. The molecule has 0 atom stereocenters. The maximum atomic E-state index is 13.8. The van der Waals surface area contributed by atoms with Crippen LogP contribution in [-0.4, -0.2) is 16.9 Å². The van der Waals surface area contributed by atoms with Crippen LogP contribution in [0.15, 0.2) is 42.5 Å². The minimum atomic E-state index is -0.894. The standard InChI is InChI=1S/C18H16F2O3/c19-14-7-4-8-15(20)18(14)13-6-3-5-12(11-13)16(21)9-1-2-10-17(22)23/h3-8,11H,1-2,9-10H2,(H,22,23). The zero-order valence-corrected chi connectivity index (χ0v) is 12.4. The molecule has 0 bridgehead atoms. The average Bonchev–Trinajstić information content (AvgIpc) is 2.51. The lowest BCUT2D eigenvalue weighted by Gasteiger charge is -2.07. The number of hydrogen-bond donors (Lipinski definition) is 1. The summed E-state index contributed by atoms with van der Waals surface area (Å²) < 4.78 is 27.6. The molecular formula is C18H16F2O3. The summed E-state index contributed by atoms with van der Waals surface area (Å²) in [4.78, 5) is 22.5. The third kappa shape index (κ3) is 4.45. The van der Waals surface area contributed by atoms with E-state index in [-0.39, 0.29) is 24.2 Å². The average molecular weight is 318 g/mol. The van der Waals surface area contributed by atoms with Crippen LogP contribution < -0.4 is 0 Å². The predicted molar refractivity (Wildman–Crippen MR) is 82.2 cm³/mol. The molecule has 0 aliphatic heterocycles. The van der Waals surface area contributed by atoms with Crippen LogP contribution in [0.25, 0.3) is 11.1 Å². The highest BCUT2D eigenvalue weighted by atomic mass is 19.1. The maximum absolute atomic E-state index is 13.8. The van der Waals surface area contributed by atoms with Gasteiger partial charge in [0.1, 0.15) is 11.6 Å². The van der Waals surface area contributed by atoms with Crippen molar-refractivity contribution in [2.45, 2.75) is 25.7 Å². The molecule has 3 nitrogen and oxygen atoms in total. The Morgan fingerprint density at radius 1 is 0.913 bits per heavy atom. The molecule has 0 aliphatic carbocycles. The Kier molecular flexibility index (Phi) is 5.57. The van der Waals surface area contributed by atoms with Gasteiger partial charge in [-0.05, 0) is 36.6 Å². The number of benzene rings is 2. The van der Waals surface area contributed by atoms with Gasteiger partial charge in [-0.15, -0.1) is 0 Å². The lowest BCUT2D eigenvalue weighted by molar-refractivity contribution is -0.137. The van der Waals surface area contributed by atoms with Crippen LogP contribution in [0.2, 0.25) is 0 Å². The summed E-state index contributed by atoms with van der Waals surface area (Å²) in [7, 11) is 0. The number of carboxylic acids is 1. The van der Waals surface area contributed by atoms with Gasteiger partial charge in [-0.3, -0.25) is 9.59 Å². The monoisotopic (exact) mass is 318 g/mol. The van der Waals surface area contributed by atoms with E-state index in [0.717, 1.165) is 0 Å². The summed E-state index contributed by atoms with van der Waals surface area (Å²) in [6, 6.07) is 9.78. The largest absolute Gasteiger partial charge is 0.481 e. The summed E-state index contributed by atoms with van der Waals surface area (Å²) in [6.07, 6.45) is 1.11. The number of carbonyl (C=O) groups is 2. The van der Waals surface area contributed by atoms with Gasteiger partial charge in [0, 0.05) is 18.4 Å². The van der Waals surface area contributed by atoms with Gasteiger partial charge in [-0.1, -0.05) is 24.3 Å². The minimum absolute atomic E-state index is 0.0216. The molecule has 2 rings (SSSR count). The molecule has 0 fully saturated rings. The first kappa shape index (κ1) is 16.8. The van der Waals surface area contributed by atoms with E-state index in [1.54, 1.807) is 18.2 Å². The number of ketones is 1. The van der Waals surface area contributed by atoms with Crippen molar-refractivity contribution in [2.75, 3.05) is 0 Å². The van der Waals surface area contributed by atoms with Gasteiger partial charge in [0.15, 0.2) is 5.78 Å². The Balaban J connectivity index is 2.14. The summed E-state index contributed by atoms with van der Waals surface area (Å²) in [5, 5.41) is 8.55. The first-order valence-electron chi connectivity index (χ1n) is 7.28. The van der Waals surface area contributed by atoms with Crippen molar-refractivity contribution in [3.8, 4) is 11.1 Å². The molecule has 0 aromatic heterocycles.